The number of amides is 1. The quantitative estimate of drug-likeness (QED) is 0.495. The number of nitrogens with zero attached hydrogens (tertiary/aromatic N) is 5. The van der Waals surface area contributed by atoms with Gasteiger partial charge in [0, 0.05) is 37.1 Å². The molecule has 1 saturated carbocycles. The number of benzene rings is 1. The van der Waals surface area contributed by atoms with Crippen molar-refractivity contribution in [3.8, 4) is 17.1 Å². The summed E-state index contributed by atoms with van der Waals surface area (Å²) in [6, 6.07) is 10.2. The largest absolute Gasteiger partial charge is 0.477 e. The SMILES string of the molecule is Cc1cc2cc(n1)-c1cnn(C)c1OCCCC(C1CC1)CN1/C(=N/C2=O)Nc2cc(NC3CCOC3)ccc21. The van der Waals surface area contributed by atoms with Crippen LogP contribution >= 0.6 is 0 Å². The number of guanidine groups is 1. The lowest BCUT2D eigenvalue weighted by atomic mass is 9.97. The van der Waals surface area contributed by atoms with E-state index in [1.54, 1.807) is 23.0 Å². The summed E-state index contributed by atoms with van der Waals surface area (Å²) in [5.41, 5.74) is 5.71. The normalized spacial score (nSPS) is 24.0. The number of aliphatic imine (C=N–C) groups is 1. The van der Waals surface area contributed by atoms with Crippen LogP contribution in [0.3, 0.4) is 0 Å². The highest BCUT2D eigenvalue weighted by Crippen LogP contribution is 2.43. The third-order valence-corrected chi connectivity index (χ3v) is 8.32. The molecule has 1 amide bonds. The lowest BCUT2D eigenvalue weighted by Crippen LogP contribution is -2.36. The van der Waals surface area contributed by atoms with Crippen LogP contribution in [0.5, 0.6) is 5.88 Å². The summed E-state index contributed by atoms with van der Waals surface area (Å²) in [6.45, 7) is 4.80. The maximum Gasteiger partial charge on any atom is 0.280 e. The van der Waals surface area contributed by atoms with E-state index in [0.29, 0.717) is 47.6 Å². The van der Waals surface area contributed by atoms with Crippen molar-refractivity contribution >= 4 is 28.9 Å². The molecule has 2 atom stereocenters. The molecule has 3 aromatic rings. The lowest BCUT2D eigenvalue weighted by molar-refractivity contribution is 0.100. The molecule has 40 heavy (non-hydrogen) atoms. The first kappa shape index (κ1) is 25.1. The van der Waals surface area contributed by atoms with E-state index in [1.807, 2.05) is 14.0 Å². The summed E-state index contributed by atoms with van der Waals surface area (Å²) in [5, 5.41) is 11.5. The molecule has 2 N–H and O–H groups in total. The Balaban J connectivity index is 1.27. The second-order valence-electron chi connectivity index (χ2n) is 11.4. The Hall–Kier alpha value is -3.92. The molecule has 0 radical (unpaired) electrons. The van der Waals surface area contributed by atoms with Crippen LogP contribution in [0, 0.1) is 18.8 Å². The Bertz CT molecular complexity index is 1470. The van der Waals surface area contributed by atoms with E-state index in [9.17, 15) is 4.79 Å². The van der Waals surface area contributed by atoms with Crippen LogP contribution in [0.15, 0.2) is 41.5 Å². The summed E-state index contributed by atoms with van der Waals surface area (Å²) in [7, 11) is 1.87. The Morgan fingerprint density at radius 2 is 1.98 bits per heavy atom. The highest BCUT2D eigenvalue weighted by molar-refractivity contribution is 6.19. The van der Waals surface area contributed by atoms with Gasteiger partial charge in [-0.3, -0.25) is 9.78 Å². The second-order valence-corrected chi connectivity index (χ2v) is 11.4. The van der Waals surface area contributed by atoms with Crippen LogP contribution in [-0.2, 0) is 11.8 Å². The first-order valence-electron chi connectivity index (χ1n) is 14.3. The van der Waals surface area contributed by atoms with Gasteiger partial charge in [-0.25, -0.2) is 4.68 Å². The number of nitrogens with one attached hydrogen (secondary N) is 2. The van der Waals surface area contributed by atoms with Gasteiger partial charge in [0.25, 0.3) is 5.91 Å². The molecular weight excluding hydrogens is 506 g/mol. The number of anilines is 3. The molecule has 0 spiro atoms. The average molecular weight is 542 g/mol. The third kappa shape index (κ3) is 4.92. The highest BCUT2D eigenvalue weighted by Gasteiger charge is 2.36. The summed E-state index contributed by atoms with van der Waals surface area (Å²) in [6.07, 6.45) is 7.22. The Morgan fingerprint density at radius 1 is 1.07 bits per heavy atom. The average Bonchev–Trinajstić information content (AvgIpc) is 3.38. The minimum atomic E-state index is -0.308. The Morgan fingerprint density at radius 3 is 2.80 bits per heavy atom. The fourth-order valence-electron chi connectivity index (χ4n) is 6.08. The Labute approximate surface area is 233 Å². The molecule has 5 heterocycles. The van der Waals surface area contributed by atoms with Crippen molar-refractivity contribution in [1.82, 2.24) is 14.8 Å². The van der Waals surface area contributed by atoms with Crippen LogP contribution in [-0.4, -0.2) is 59.0 Å². The highest BCUT2D eigenvalue weighted by atomic mass is 16.5. The van der Waals surface area contributed by atoms with Gasteiger partial charge in [-0.05, 0) is 81.2 Å². The Kier molecular flexibility index (Phi) is 6.42. The number of hydrogen-bond acceptors (Lipinski definition) is 8. The van der Waals surface area contributed by atoms with Gasteiger partial charge < -0.3 is 25.0 Å². The standard InChI is InChI=1S/C30H35N7O3/c1-18-12-21-13-25(32-18)24-15-31-36(2)29(24)40-10-3-4-20(19-5-6-19)16-37-27-8-7-22(33-23-9-11-39-17-23)14-26(27)34-30(37)35-28(21)38/h7-8,12-15,19-20,23,33H,3-6,9-11,16-17H2,1-2H3,(H,34,35,38). The summed E-state index contributed by atoms with van der Waals surface area (Å²) < 4.78 is 13.5. The van der Waals surface area contributed by atoms with Crippen LogP contribution in [0.2, 0.25) is 0 Å². The van der Waals surface area contributed by atoms with E-state index in [0.717, 1.165) is 67.3 Å². The van der Waals surface area contributed by atoms with Crippen molar-refractivity contribution in [2.75, 3.05) is 41.9 Å². The number of carbonyl (C=O) groups is 1. The molecule has 1 saturated heterocycles. The van der Waals surface area contributed by atoms with E-state index in [1.165, 1.54) is 12.8 Å². The molecule has 2 unspecified atom stereocenters. The van der Waals surface area contributed by atoms with Gasteiger partial charge in [-0.1, -0.05) is 0 Å². The minimum absolute atomic E-state index is 0.308. The molecule has 208 valence electrons. The van der Waals surface area contributed by atoms with Crippen molar-refractivity contribution < 1.29 is 14.3 Å². The number of aryl methyl sites for hydroxylation is 2. The van der Waals surface area contributed by atoms with Crippen molar-refractivity contribution in [3.05, 3.63) is 47.8 Å². The molecule has 10 nitrogen and oxygen atoms in total. The van der Waals surface area contributed by atoms with Crippen LogP contribution in [0.1, 0.15) is 48.2 Å². The maximum absolute atomic E-state index is 13.6. The number of carbonyl (C=O) groups excluding carboxylic acids is 1. The van der Waals surface area contributed by atoms with Gasteiger partial charge in [0.15, 0.2) is 0 Å². The predicted molar refractivity (Wildman–Crippen MR) is 154 cm³/mol. The van der Waals surface area contributed by atoms with Gasteiger partial charge in [-0.2, -0.15) is 10.1 Å². The molecule has 3 aliphatic heterocycles. The second kappa shape index (κ2) is 10.2. The zero-order valence-corrected chi connectivity index (χ0v) is 23.0. The summed E-state index contributed by atoms with van der Waals surface area (Å²) >= 11 is 0. The van der Waals surface area contributed by atoms with Crippen LogP contribution < -0.4 is 20.3 Å². The van der Waals surface area contributed by atoms with Crippen LogP contribution in [0.4, 0.5) is 17.1 Å². The van der Waals surface area contributed by atoms with Crippen LogP contribution in [0.25, 0.3) is 11.3 Å². The van der Waals surface area contributed by atoms with Gasteiger partial charge in [0.05, 0.1) is 48.1 Å². The summed E-state index contributed by atoms with van der Waals surface area (Å²) in [4.78, 5) is 25.2. The topological polar surface area (TPSA) is 106 Å². The number of ether oxygens (including phenoxy) is 2. The van der Waals surface area contributed by atoms with E-state index in [4.69, 9.17) is 14.5 Å². The monoisotopic (exact) mass is 541 g/mol. The molecule has 1 aliphatic carbocycles. The molecule has 2 bridgehead atoms. The third-order valence-electron chi connectivity index (χ3n) is 8.32. The predicted octanol–water partition coefficient (Wildman–Crippen LogP) is 4.62. The van der Waals surface area contributed by atoms with E-state index < -0.39 is 0 Å². The zero-order chi connectivity index (χ0) is 27.2. The van der Waals surface area contributed by atoms with Crippen molar-refractivity contribution in [2.45, 2.75) is 45.1 Å². The zero-order valence-electron chi connectivity index (χ0n) is 23.0. The fourth-order valence-corrected chi connectivity index (χ4v) is 6.08. The van der Waals surface area contributed by atoms with Crippen molar-refractivity contribution in [1.29, 1.82) is 0 Å². The molecule has 7 rings (SSSR count). The van der Waals surface area contributed by atoms with Gasteiger partial charge in [0.2, 0.25) is 11.8 Å². The first-order valence-corrected chi connectivity index (χ1v) is 14.3. The van der Waals surface area contributed by atoms with Crippen molar-refractivity contribution in [3.63, 3.8) is 0 Å². The molecule has 4 aliphatic rings. The van der Waals surface area contributed by atoms with E-state index >= 15 is 0 Å². The lowest BCUT2D eigenvalue weighted by Gasteiger charge is -2.25. The number of pyridine rings is 1. The molecular formula is C30H35N7O3. The van der Waals surface area contributed by atoms with Gasteiger partial charge in [-0.15, -0.1) is 0 Å². The minimum Gasteiger partial charge on any atom is -0.477 e. The number of rotatable bonds is 3. The maximum atomic E-state index is 13.6. The fraction of sp³-hybridized carbons (Fsp3) is 0.467. The van der Waals surface area contributed by atoms with Gasteiger partial charge >= 0.3 is 0 Å². The van der Waals surface area contributed by atoms with Gasteiger partial charge in [0.1, 0.15) is 0 Å². The number of fused-ring (bicyclic) bond motifs is 7. The van der Waals surface area contributed by atoms with Crippen molar-refractivity contribution in [2.24, 2.45) is 23.9 Å². The first-order chi connectivity index (χ1) is 19.5. The molecule has 1 aromatic carbocycles. The molecule has 2 aromatic heterocycles. The van der Waals surface area contributed by atoms with E-state index in [-0.39, 0.29) is 5.91 Å². The number of hydrogen-bond donors (Lipinski definition) is 2. The number of aromatic nitrogens is 3. The molecule has 10 heteroatoms. The van der Waals surface area contributed by atoms with E-state index in [2.05, 4.69) is 43.8 Å². The summed E-state index contributed by atoms with van der Waals surface area (Å²) in [5.74, 6) is 2.11. The molecule has 2 fully saturated rings. The smallest absolute Gasteiger partial charge is 0.280 e.